The summed E-state index contributed by atoms with van der Waals surface area (Å²) in [5.41, 5.74) is 8.21. The minimum atomic E-state index is 0.0205. The van der Waals surface area contributed by atoms with Crippen LogP contribution in [0, 0.1) is 5.41 Å². The molecule has 0 bridgehead atoms. The van der Waals surface area contributed by atoms with Crippen molar-refractivity contribution in [1.29, 1.82) is 5.41 Å². The van der Waals surface area contributed by atoms with E-state index in [4.69, 9.17) is 22.7 Å². The summed E-state index contributed by atoms with van der Waals surface area (Å²) in [5.74, 6) is 0.0205. The van der Waals surface area contributed by atoms with Crippen molar-refractivity contribution >= 4 is 23.1 Å². The Balaban J connectivity index is 2.13. The van der Waals surface area contributed by atoms with Gasteiger partial charge in [-0.1, -0.05) is 17.7 Å². The van der Waals surface area contributed by atoms with Crippen molar-refractivity contribution in [2.24, 2.45) is 5.73 Å². The second-order valence-corrected chi connectivity index (χ2v) is 5.00. The monoisotopic (exact) mass is 288 g/mol. The zero-order valence-electron chi connectivity index (χ0n) is 11.3. The topological polar surface area (TPSA) is 66.0 Å². The highest BCUT2D eigenvalue weighted by Crippen LogP contribution is 2.23. The normalized spacial score (nSPS) is 10.3. The van der Waals surface area contributed by atoms with Gasteiger partial charge in [0.1, 0.15) is 5.84 Å². The molecule has 0 fully saturated rings. The van der Waals surface area contributed by atoms with E-state index in [0.29, 0.717) is 10.6 Å². The van der Waals surface area contributed by atoms with E-state index < -0.39 is 0 Å². The number of benzene rings is 1. The summed E-state index contributed by atoms with van der Waals surface area (Å²) in [4.78, 5) is 6.36. The van der Waals surface area contributed by atoms with Crippen molar-refractivity contribution in [3.8, 4) is 0 Å². The lowest BCUT2D eigenvalue weighted by Crippen LogP contribution is -2.24. The number of rotatable bonds is 5. The number of nitrogens with two attached hydrogens (primary N) is 1. The summed E-state index contributed by atoms with van der Waals surface area (Å²) in [6.07, 6.45) is 2.62. The van der Waals surface area contributed by atoms with Crippen molar-refractivity contribution in [1.82, 2.24) is 4.98 Å². The number of anilines is 1. The van der Waals surface area contributed by atoms with Crippen LogP contribution < -0.4 is 10.6 Å². The summed E-state index contributed by atoms with van der Waals surface area (Å²) < 4.78 is 0. The Hall–Kier alpha value is -2.07. The first-order valence-corrected chi connectivity index (χ1v) is 6.70. The molecule has 0 saturated heterocycles. The quantitative estimate of drug-likeness (QED) is 0.657. The second-order valence-electron chi connectivity index (χ2n) is 4.57. The molecule has 0 radical (unpaired) electrons. The summed E-state index contributed by atoms with van der Waals surface area (Å²) in [5, 5.41) is 8.22. The maximum atomic E-state index is 7.64. The molecule has 0 aliphatic carbocycles. The van der Waals surface area contributed by atoms with Crippen molar-refractivity contribution in [2.45, 2.75) is 6.42 Å². The van der Waals surface area contributed by atoms with Crippen LogP contribution in [0.3, 0.4) is 0 Å². The number of amidine groups is 1. The SMILES string of the molecule is CN(CCc1ccccn1)c1ccc(Cl)cc1C(=N)N. The Morgan fingerprint density at radius 2 is 2.15 bits per heavy atom. The molecule has 0 atom stereocenters. The smallest absolute Gasteiger partial charge is 0.124 e. The molecule has 104 valence electrons. The fourth-order valence-electron chi connectivity index (χ4n) is 2.01. The zero-order chi connectivity index (χ0) is 14.5. The number of halogens is 1. The van der Waals surface area contributed by atoms with Crippen LogP contribution in [0.5, 0.6) is 0 Å². The van der Waals surface area contributed by atoms with Gasteiger partial charge in [-0.25, -0.2) is 0 Å². The molecule has 2 aromatic rings. The summed E-state index contributed by atoms with van der Waals surface area (Å²) >= 11 is 5.96. The number of aromatic nitrogens is 1. The van der Waals surface area contributed by atoms with E-state index in [1.807, 2.05) is 31.3 Å². The van der Waals surface area contributed by atoms with Crippen molar-refractivity contribution < 1.29 is 0 Å². The van der Waals surface area contributed by atoms with Gasteiger partial charge in [-0.05, 0) is 30.3 Å². The molecule has 5 heteroatoms. The van der Waals surface area contributed by atoms with Gasteiger partial charge in [0, 0.05) is 48.2 Å². The van der Waals surface area contributed by atoms with Crippen LogP contribution in [-0.4, -0.2) is 24.4 Å². The molecule has 0 unspecified atom stereocenters. The molecule has 1 aromatic carbocycles. The van der Waals surface area contributed by atoms with Crippen LogP contribution in [0.1, 0.15) is 11.3 Å². The standard InChI is InChI=1S/C15H17ClN4/c1-20(9-7-12-4-2-3-8-19-12)14-6-5-11(16)10-13(14)15(17)18/h2-6,8,10H,7,9H2,1H3,(H3,17,18). The minimum Gasteiger partial charge on any atom is -0.384 e. The number of nitrogens with zero attached hydrogens (tertiary/aromatic N) is 2. The van der Waals surface area contributed by atoms with E-state index in [1.54, 1.807) is 18.3 Å². The summed E-state index contributed by atoms with van der Waals surface area (Å²) in [6.45, 7) is 0.791. The average molecular weight is 289 g/mol. The predicted molar refractivity (Wildman–Crippen MR) is 83.7 cm³/mol. The first kappa shape index (κ1) is 14.3. The Morgan fingerprint density at radius 1 is 1.35 bits per heavy atom. The molecular formula is C15H17ClN4. The van der Waals surface area contributed by atoms with Gasteiger partial charge in [-0.3, -0.25) is 10.4 Å². The molecule has 0 amide bonds. The number of pyridine rings is 1. The minimum absolute atomic E-state index is 0.0205. The van der Waals surface area contributed by atoms with Gasteiger partial charge in [0.25, 0.3) is 0 Å². The average Bonchev–Trinajstić information content (AvgIpc) is 2.45. The van der Waals surface area contributed by atoms with E-state index in [2.05, 4.69) is 9.88 Å². The third-order valence-corrected chi connectivity index (χ3v) is 3.32. The lowest BCUT2D eigenvalue weighted by atomic mass is 10.1. The fourth-order valence-corrected chi connectivity index (χ4v) is 2.18. The molecule has 0 aliphatic rings. The number of likely N-dealkylation sites (N-methyl/N-ethyl adjacent to an activating group) is 1. The Bertz CT molecular complexity index is 598. The van der Waals surface area contributed by atoms with Gasteiger partial charge in [0.05, 0.1) is 0 Å². The van der Waals surface area contributed by atoms with Crippen molar-refractivity contribution in [3.05, 3.63) is 58.9 Å². The number of nitrogen functional groups attached to an aromatic ring is 1. The Morgan fingerprint density at radius 3 is 2.80 bits per heavy atom. The van der Waals surface area contributed by atoms with Crippen LogP contribution in [0.15, 0.2) is 42.6 Å². The van der Waals surface area contributed by atoms with Gasteiger partial charge < -0.3 is 10.6 Å². The number of nitrogens with one attached hydrogen (secondary N) is 1. The third kappa shape index (κ3) is 3.48. The Labute approximate surface area is 123 Å². The van der Waals surface area contributed by atoms with E-state index in [-0.39, 0.29) is 5.84 Å². The lowest BCUT2D eigenvalue weighted by molar-refractivity contribution is 0.851. The highest BCUT2D eigenvalue weighted by atomic mass is 35.5. The van der Waals surface area contributed by atoms with Gasteiger partial charge in [-0.15, -0.1) is 0 Å². The fraction of sp³-hybridized carbons (Fsp3) is 0.200. The molecule has 3 N–H and O–H groups in total. The van der Waals surface area contributed by atoms with E-state index in [9.17, 15) is 0 Å². The van der Waals surface area contributed by atoms with Crippen LogP contribution in [0.4, 0.5) is 5.69 Å². The highest BCUT2D eigenvalue weighted by Gasteiger charge is 2.10. The van der Waals surface area contributed by atoms with Crippen LogP contribution >= 0.6 is 11.6 Å². The van der Waals surface area contributed by atoms with Gasteiger partial charge in [-0.2, -0.15) is 0 Å². The Kier molecular flexibility index (Phi) is 4.58. The second kappa shape index (κ2) is 6.39. The van der Waals surface area contributed by atoms with E-state index in [0.717, 1.165) is 24.3 Å². The molecule has 1 heterocycles. The molecule has 2 rings (SSSR count). The van der Waals surface area contributed by atoms with Crippen LogP contribution in [0.2, 0.25) is 5.02 Å². The third-order valence-electron chi connectivity index (χ3n) is 3.09. The van der Waals surface area contributed by atoms with Crippen molar-refractivity contribution in [3.63, 3.8) is 0 Å². The lowest BCUT2D eigenvalue weighted by Gasteiger charge is -2.22. The first-order valence-electron chi connectivity index (χ1n) is 6.33. The summed E-state index contributed by atoms with van der Waals surface area (Å²) in [6, 6.07) is 11.3. The molecular weight excluding hydrogens is 272 g/mol. The molecule has 0 saturated carbocycles. The van der Waals surface area contributed by atoms with Gasteiger partial charge >= 0.3 is 0 Å². The highest BCUT2D eigenvalue weighted by molar-refractivity contribution is 6.31. The molecule has 1 aromatic heterocycles. The largest absolute Gasteiger partial charge is 0.384 e. The predicted octanol–water partition coefficient (Wildman–Crippen LogP) is 2.70. The first-order chi connectivity index (χ1) is 9.58. The maximum Gasteiger partial charge on any atom is 0.124 e. The molecule has 0 spiro atoms. The number of hydrogen-bond acceptors (Lipinski definition) is 3. The number of hydrogen-bond donors (Lipinski definition) is 2. The van der Waals surface area contributed by atoms with E-state index in [1.165, 1.54) is 0 Å². The van der Waals surface area contributed by atoms with Crippen LogP contribution in [0.25, 0.3) is 0 Å². The van der Waals surface area contributed by atoms with Gasteiger partial charge in [0.15, 0.2) is 0 Å². The van der Waals surface area contributed by atoms with Crippen LogP contribution in [-0.2, 0) is 6.42 Å². The summed E-state index contributed by atoms with van der Waals surface area (Å²) in [7, 11) is 1.97. The van der Waals surface area contributed by atoms with E-state index >= 15 is 0 Å². The molecule has 20 heavy (non-hydrogen) atoms. The maximum absolute atomic E-state index is 7.64. The van der Waals surface area contributed by atoms with Gasteiger partial charge in [0.2, 0.25) is 0 Å². The van der Waals surface area contributed by atoms with Crippen molar-refractivity contribution in [2.75, 3.05) is 18.5 Å². The molecule has 4 nitrogen and oxygen atoms in total. The zero-order valence-corrected chi connectivity index (χ0v) is 12.1. The molecule has 0 aliphatic heterocycles.